The Morgan fingerprint density at radius 2 is 2.04 bits per heavy atom. The van der Waals surface area contributed by atoms with E-state index in [2.05, 4.69) is 25.1 Å². The van der Waals surface area contributed by atoms with E-state index < -0.39 is 0 Å². The first-order valence-electron chi connectivity index (χ1n) is 8.20. The summed E-state index contributed by atoms with van der Waals surface area (Å²) in [5, 5.41) is 0.630. The van der Waals surface area contributed by atoms with Crippen LogP contribution in [0, 0.1) is 6.92 Å². The smallest absolute Gasteiger partial charge is 0.261 e. The van der Waals surface area contributed by atoms with Crippen molar-refractivity contribution >= 4 is 28.2 Å². The van der Waals surface area contributed by atoms with Gasteiger partial charge in [0.15, 0.2) is 0 Å². The molecule has 0 aliphatic carbocycles. The highest BCUT2D eigenvalue weighted by Crippen LogP contribution is 2.28. The molecular weight excluding hydrogens is 298 g/mol. The van der Waals surface area contributed by atoms with Crippen LogP contribution < -0.4 is 11.3 Å². The second kappa shape index (κ2) is 5.64. The second-order valence-electron chi connectivity index (χ2n) is 6.30. The topological polar surface area (TPSA) is 60.9 Å². The molecule has 4 heteroatoms. The van der Waals surface area contributed by atoms with Crippen molar-refractivity contribution in [3.8, 4) is 0 Å². The molecule has 0 fully saturated rings. The fourth-order valence-corrected chi connectivity index (χ4v) is 3.30. The van der Waals surface area contributed by atoms with Crippen molar-refractivity contribution < 1.29 is 0 Å². The van der Waals surface area contributed by atoms with E-state index in [0.717, 1.165) is 24.2 Å². The molecule has 3 aromatic rings. The third-order valence-corrected chi connectivity index (χ3v) is 4.61. The van der Waals surface area contributed by atoms with Gasteiger partial charge < -0.3 is 5.73 Å². The molecular formula is C20H19N3O. The van der Waals surface area contributed by atoms with Crippen LogP contribution in [-0.4, -0.2) is 9.55 Å². The number of benzene rings is 2. The maximum Gasteiger partial charge on any atom is 0.261 e. The molecule has 2 heterocycles. The van der Waals surface area contributed by atoms with E-state index in [4.69, 9.17) is 10.7 Å². The number of nitrogens with zero attached hydrogens (tertiary/aromatic N) is 2. The van der Waals surface area contributed by atoms with E-state index >= 15 is 0 Å². The average Bonchev–Trinajstić information content (AvgIpc) is 2.57. The molecule has 0 saturated heterocycles. The molecule has 1 aliphatic heterocycles. The van der Waals surface area contributed by atoms with Crippen LogP contribution in [0.1, 0.15) is 29.8 Å². The van der Waals surface area contributed by atoms with Gasteiger partial charge in [-0.1, -0.05) is 24.3 Å². The molecule has 0 radical (unpaired) electrons. The minimum Gasteiger partial charge on any atom is -0.399 e. The molecule has 0 bridgehead atoms. The summed E-state index contributed by atoms with van der Waals surface area (Å²) in [6.07, 6.45) is 4.03. The molecule has 0 atom stereocenters. The van der Waals surface area contributed by atoms with E-state index in [9.17, 15) is 4.79 Å². The number of aromatic nitrogens is 2. The third-order valence-electron chi connectivity index (χ3n) is 4.61. The summed E-state index contributed by atoms with van der Waals surface area (Å²) >= 11 is 0. The van der Waals surface area contributed by atoms with Gasteiger partial charge in [0.05, 0.1) is 10.9 Å². The zero-order valence-corrected chi connectivity index (χ0v) is 13.6. The highest BCUT2D eigenvalue weighted by atomic mass is 16.1. The van der Waals surface area contributed by atoms with Gasteiger partial charge in [-0.15, -0.1) is 0 Å². The molecule has 120 valence electrons. The van der Waals surface area contributed by atoms with Crippen LogP contribution in [0.4, 0.5) is 5.69 Å². The Morgan fingerprint density at radius 3 is 2.88 bits per heavy atom. The Hall–Kier alpha value is -2.88. The fourth-order valence-electron chi connectivity index (χ4n) is 3.30. The second-order valence-corrected chi connectivity index (χ2v) is 6.30. The van der Waals surface area contributed by atoms with E-state index in [1.807, 2.05) is 12.1 Å². The Bertz CT molecular complexity index is 1030. The van der Waals surface area contributed by atoms with Gasteiger partial charge in [0, 0.05) is 12.2 Å². The van der Waals surface area contributed by atoms with E-state index in [1.165, 1.54) is 11.1 Å². The van der Waals surface area contributed by atoms with Crippen LogP contribution in [0.3, 0.4) is 0 Å². The quantitative estimate of drug-likeness (QED) is 0.697. The fraction of sp³-hybridized carbons (Fsp3) is 0.200. The molecule has 2 N–H and O–H groups in total. The van der Waals surface area contributed by atoms with Gasteiger partial charge in [0.2, 0.25) is 0 Å². The summed E-state index contributed by atoms with van der Waals surface area (Å²) < 4.78 is 1.80. The summed E-state index contributed by atoms with van der Waals surface area (Å²) in [5.74, 6) is 0.771. The molecule has 4 rings (SSSR count). The minimum atomic E-state index is 0.0189. The van der Waals surface area contributed by atoms with Crippen LogP contribution in [0.5, 0.6) is 0 Å². The lowest BCUT2D eigenvalue weighted by atomic mass is 9.99. The molecule has 1 aliphatic rings. The zero-order valence-electron chi connectivity index (χ0n) is 13.6. The van der Waals surface area contributed by atoms with Gasteiger partial charge in [-0.05, 0) is 60.7 Å². The van der Waals surface area contributed by atoms with Crippen molar-refractivity contribution in [1.29, 1.82) is 0 Å². The average molecular weight is 317 g/mol. The third kappa shape index (κ3) is 2.40. The summed E-state index contributed by atoms with van der Waals surface area (Å²) in [4.78, 5) is 17.6. The first-order chi connectivity index (χ1) is 11.6. The van der Waals surface area contributed by atoms with E-state index in [0.29, 0.717) is 23.1 Å². The number of fused-ring (bicyclic) bond motifs is 2. The van der Waals surface area contributed by atoms with Gasteiger partial charge in [-0.25, -0.2) is 4.98 Å². The molecule has 0 amide bonds. The standard InChI is InChI=1S/C20H19N3O/c1-13-5-2-3-6-14(13)11-15-7-4-10-23-19(15)22-18-12-16(21)8-9-17(18)20(23)24/h2-3,5-6,8-9,11-12H,4,7,10,21H2,1H3/b15-11+. The number of rotatable bonds is 1. The maximum absolute atomic E-state index is 12.8. The van der Waals surface area contributed by atoms with Crippen LogP contribution in [-0.2, 0) is 6.54 Å². The van der Waals surface area contributed by atoms with E-state index in [-0.39, 0.29) is 5.56 Å². The van der Waals surface area contributed by atoms with Crippen molar-refractivity contribution in [3.63, 3.8) is 0 Å². The van der Waals surface area contributed by atoms with Crippen molar-refractivity contribution in [1.82, 2.24) is 9.55 Å². The number of allylic oxidation sites excluding steroid dienone is 1. The van der Waals surface area contributed by atoms with Crippen molar-refractivity contribution in [2.45, 2.75) is 26.3 Å². The normalized spacial score (nSPS) is 15.6. The molecule has 0 spiro atoms. The number of nitrogens with two attached hydrogens (primary N) is 1. The van der Waals surface area contributed by atoms with Crippen molar-refractivity contribution in [3.05, 3.63) is 69.8 Å². The predicted molar refractivity (Wildman–Crippen MR) is 98.7 cm³/mol. The summed E-state index contributed by atoms with van der Waals surface area (Å²) in [5.41, 5.74) is 10.7. The highest BCUT2D eigenvalue weighted by Gasteiger charge is 2.19. The van der Waals surface area contributed by atoms with Crippen LogP contribution >= 0.6 is 0 Å². The SMILES string of the molecule is Cc1ccccc1/C=C1\CCCn2c1nc1cc(N)ccc1c2=O. The first kappa shape index (κ1) is 14.7. The largest absolute Gasteiger partial charge is 0.399 e. The summed E-state index contributed by atoms with van der Waals surface area (Å²) in [6.45, 7) is 2.81. The molecule has 4 nitrogen and oxygen atoms in total. The lowest BCUT2D eigenvalue weighted by molar-refractivity contribution is 0.587. The highest BCUT2D eigenvalue weighted by molar-refractivity contribution is 5.85. The number of nitrogen functional groups attached to an aromatic ring is 1. The number of anilines is 1. The van der Waals surface area contributed by atoms with Gasteiger partial charge in [-0.3, -0.25) is 9.36 Å². The first-order valence-corrected chi connectivity index (χ1v) is 8.20. The Morgan fingerprint density at radius 1 is 1.21 bits per heavy atom. The summed E-state index contributed by atoms with van der Waals surface area (Å²) in [6, 6.07) is 13.6. The maximum atomic E-state index is 12.8. The molecule has 1 aromatic heterocycles. The molecule has 24 heavy (non-hydrogen) atoms. The lowest BCUT2D eigenvalue weighted by Crippen LogP contribution is -2.27. The number of aryl methyl sites for hydroxylation is 1. The summed E-state index contributed by atoms with van der Waals surface area (Å²) in [7, 11) is 0. The molecule has 0 saturated carbocycles. The number of hydrogen-bond acceptors (Lipinski definition) is 3. The van der Waals surface area contributed by atoms with Gasteiger partial charge in [0.1, 0.15) is 5.82 Å². The predicted octanol–water partition coefficient (Wildman–Crippen LogP) is 3.62. The monoisotopic (exact) mass is 317 g/mol. The van der Waals surface area contributed by atoms with Crippen LogP contribution in [0.25, 0.3) is 22.6 Å². The molecule has 0 unspecified atom stereocenters. The van der Waals surface area contributed by atoms with Gasteiger partial charge in [0.25, 0.3) is 5.56 Å². The van der Waals surface area contributed by atoms with Gasteiger partial charge >= 0.3 is 0 Å². The Balaban J connectivity index is 1.96. The lowest BCUT2D eigenvalue weighted by Gasteiger charge is -2.21. The van der Waals surface area contributed by atoms with Crippen molar-refractivity contribution in [2.75, 3.05) is 5.73 Å². The number of hydrogen-bond donors (Lipinski definition) is 1. The Labute approximate surface area is 140 Å². The van der Waals surface area contributed by atoms with Crippen LogP contribution in [0.2, 0.25) is 0 Å². The van der Waals surface area contributed by atoms with E-state index in [1.54, 1.807) is 22.8 Å². The van der Waals surface area contributed by atoms with Crippen molar-refractivity contribution in [2.24, 2.45) is 0 Å². The Kier molecular flexibility index (Phi) is 3.45. The molecule has 2 aromatic carbocycles. The van der Waals surface area contributed by atoms with Gasteiger partial charge in [-0.2, -0.15) is 0 Å². The zero-order chi connectivity index (χ0) is 16.7. The van der Waals surface area contributed by atoms with Crippen LogP contribution in [0.15, 0.2) is 47.3 Å². The minimum absolute atomic E-state index is 0.0189.